The Morgan fingerprint density at radius 3 is 2.78 bits per heavy atom. The molecule has 0 radical (unpaired) electrons. The van der Waals surface area contributed by atoms with Gasteiger partial charge in [0.2, 0.25) is 12.7 Å². The fourth-order valence-electron chi connectivity index (χ4n) is 2.57. The number of amides is 1. The molecule has 0 aromatic heterocycles. The summed E-state index contributed by atoms with van der Waals surface area (Å²) in [6.07, 6.45) is 0.310. The number of rotatable bonds is 5. The Balaban J connectivity index is 1.66. The molecule has 0 saturated carbocycles. The van der Waals surface area contributed by atoms with Crippen molar-refractivity contribution in [3.63, 3.8) is 0 Å². The third-order valence-electron chi connectivity index (χ3n) is 3.91. The molecule has 9 heteroatoms. The minimum Gasteiger partial charge on any atom is -0.454 e. The number of fused-ring (bicyclic) bond motifs is 1. The predicted octanol–water partition coefficient (Wildman–Crippen LogP) is 0.164. The van der Waals surface area contributed by atoms with E-state index in [2.05, 4.69) is 4.72 Å². The number of benzene rings is 1. The molecule has 1 aromatic rings. The lowest BCUT2D eigenvalue weighted by Crippen LogP contribution is -2.38. The van der Waals surface area contributed by atoms with Crippen LogP contribution in [0.2, 0.25) is 0 Å². The smallest absolute Gasteiger partial charge is 0.278 e. The van der Waals surface area contributed by atoms with Gasteiger partial charge >= 0.3 is 0 Å². The number of nitrogens with zero attached hydrogens (tertiary/aromatic N) is 2. The van der Waals surface area contributed by atoms with Crippen LogP contribution in [0.4, 0.5) is 5.69 Å². The third-order valence-corrected chi connectivity index (χ3v) is 5.40. The van der Waals surface area contributed by atoms with Crippen LogP contribution in [-0.4, -0.2) is 52.6 Å². The van der Waals surface area contributed by atoms with Crippen LogP contribution in [0.15, 0.2) is 18.2 Å². The van der Waals surface area contributed by atoms with Crippen molar-refractivity contribution >= 4 is 21.8 Å². The topological polar surface area (TPSA) is 88.2 Å². The monoisotopic (exact) mass is 341 g/mol. The first-order valence-corrected chi connectivity index (χ1v) is 8.68. The van der Waals surface area contributed by atoms with E-state index in [-0.39, 0.29) is 25.2 Å². The first kappa shape index (κ1) is 16.0. The summed E-state index contributed by atoms with van der Waals surface area (Å²) < 4.78 is 37.7. The second kappa shape index (κ2) is 5.99. The lowest BCUT2D eigenvalue weighted by atomic mass is 10.1. The Morgan fingerprint density at radius 2 is 2.04 bits per heavy atom. The Kier molecular flexibility index (Phi) is 4.17. The Labute approximate surface area is 135 Å². The van der Waals surface area contributed by atoms with E-state index in [0.717, 1.165) is 9.99 Å². The molecule has 2 heterocycles. The number of hydrogen-bond acceptors (Lipinski definition) is 5. The van der Waals surface area contributed by atoms with E-state index in [0.29, 0.717) is 24.5 Å². The van der Waals surface area contributed by atoms with Gasteiger partial charge in [0.05, 0.1) is 0 Å². The average Bonchev–Trinajstić information content (AvgIpc) is 3.10. The molecule has 3 rings (SSSR count). The molecule has 1 saturated heterocycles. The van der Waals surface area contributed by atoms with Crippen molar-refractivity contribution in [2.75, 3.05) is 38.9 Å². The highest BCUT2D eigenvalue weighted by Crippen LogP contribution is 2.37. The van der Waals surface area contributed by atoms with Gasteiger partial charge in [-0.2, -0.15) is 12.7 Å². The minimum atomic E-state index is -3.48. The van der Waals surface area contributed by atoms with E-state index < -0.39 is 10.2 Å². The standard InChI is InChI=1S/C14H19N3O5S/c1-16(2)23(19,20)15-7-10-5-14(18)17(8-10)11-3-4-12-13(6-11)22-9-21-12/h3-4,6,10,15H,5,7-9H2,1-2H3. The van der Waals surface area contributed by atoms with Crippen molar-refractivity contribution in [1.29, 1.82) is 0 Å². The number of anilines is 1. The molecule has 0 aliphatic carbocycles. The summed E-state index contributed by atoms with van der Waals surface area (Å²) in [5, 5.41) is 0. The molecule has 1 N–H and O–H groups in total. The van der Waals surface area contributed by atoms with Crippen LogP contribution in [0, 0.1) is 5.92 Å². The first-order chi connectivity index (χ1) is 10.9. The summed E-state index contributed by atoms with van der Waals surface area (Å²) in [5.41, 5.74) is 0.734. The van der Waals surface area contributed by atoms with Gasteiger partial charge in [0.25, 0.3) is 10.2 Å². The summed E-state index contributed by atoms with van der Waals surface area (Å²) in [6, 6.07) is 5.34. The van der Waals surface area contributed by atoms with E-state index in [4.69, 9.17) is 9.47 Å². The van der Waals surface area contributed by atoms with Crippen molar-refractivity contribution in [3.05, 3.63) is 18.2 Å². The van der Waals surface area contributed by atoms with E-state index in [1.807, 2.05) is 0 Å². The highest BCUT2D eigenvalue weighted by atomic mass is 32.2. The molecule has 1 aromatic carbocycles. The summed E-state index contributed by atoms with van der Waals surface area (Å²) in [4.78, 5) is 13.9. The number of ether oxygens (including phenoxy) is 2. The van der Waals surface area contributed by atoms with E-state index >= 15 is 0 Å². The van der Waals surface area contributed by atoms with Gasteiger partial charge < -0.3 is 14.4 Å². The second-order valence-electron chi connectivity index (χ2n) is 5.75. The molecule has 2 aliphatic rings. The van der Waals surface area contributed by atoms with Gasteiger partial charge in [-0.15, -0.1) is 0 Å². The largest absolute Gasteiger partial charge is 0.454 e. The molecule has 2 aliphatic heterocycles. The summed E-state index contributed by atoms with van der Waals surface area (Å²) in [5.74, 6) is 1.18. The van der Waals surface area contributed by atoms with Crippen LogP contribution in [0.1, 0.15) is 6.42 Å². The molecular weight excluding hydrogens is 322 g/mol. The van der Waals surface area contributed by atoms with E-state index in [9.17, 15) is 13.2 Å². The quantitative estimate of drug-likeness (QED) is 0.824. The van der Waals surface area contributed by atoms with Crippen LogP contribution < -0.4 is 19.1 Å². The Morgan fingerprint density at radius 1 is 1.30 bits per heavy atom. The average molecular weight is 341 g/mol. The van der Waals surface area contributed by atoms with Gasteiger partial charge in [0, 0.05) is 45.4 Å². The first-order valence-electron chi connectivity index (χ1n) is 7.24. The normalized spacial score (nSPS) is 20.6. The van der Waals surface area contributed by atoms with Crippen molar-refractivity contribution < 1.29 is 22.7 Å². The molecule has 23 heavy (non-hydrogen) atoms. The number of hydrogen-bond donors (Lipinski definition) is 1. The van der Waals surface area contributed by atoms with Crippen molar-refractivity contribution in [3.8, 4) is 11.5 Å². The van der Waals surface area contributed by atoms with Crippen LogP contribution in [-0.2, 0) is 15.0 Å². The molecule has 0 spiro atoms. The molecule has 1 fully saturated rings. The summed E-state index contributed by atoms with van der Waals surface area (Å²) in [6.45, 7) is 0.878. The van der Waals surface area contributed by atoms with Gasteiger partial charge in [0.1, 0.15) is 0 Å². The van der Waals surface area contributed by atoms with Crippen LogP contribution in [0.25, 0.3) is 0 Å². The Hall–Kier alpha value is -1.84. The van der Waals surface area contributed by atoms with Gasteiger partial charge in [-0.25, -0.2) is 4.72 Å². The zero-order chi connectivity index (χ0) is 16.6. The third kappa shape index (κ3) is 3.26. The minimum absolute atomic E-state index is 0.0297. The fraction of sp³-hybridized carbons (Fsp3) is 0.500. The molecule has 1 amide bonds. The van der Waals surface area contributed by atoms with Gasteiger partial charge in [-0.05, 0) is 18.1 Å². The SMILES string of the molecule is CN(C)S(=O)(=O)NCC1CC(=O)N(c2ccc3c(c2)OCO3)C1. The molecule has 8 nitrogen and oxygen atoms in total. The van der Waals surface area contributed by atoms with Crippen molar-refractivity contribution in [2.45, 2.75) is 6.42 Å². The zero-order valence-corrected chi connectivity index (χ0v) is 13.8. The van der Waals surface area contributed by atoms with Crippen molar-refractivity contribution in [1.82, 2.24) is 9.03 Å². The summed E-state index contributed by atoms with van der Waals surface area (Å²) >= 11 is 0. The van der Waals surface area contributed by atoms with Gasteiger partial charge in [-0.3, -0.25) is 4.79 Å². The van der Waals surface area contributed by atoms with E-state index in [1.54, 1.807) is 23.1 Å². The lowest BCUT2D eigenvalue weighted by Gasteiger charge is -2.18. The molecule has 1 atom stereocenters. The van der Waals surface area contributed by atoms with E-state index in [1.165, 1.54) is 14.1 Å². The van der Waals surface area contributed by atoms with Gasteiger partial charge in [-0.1, -0.05) is 0 Å². The predicted molar refractivity (Wildman–Crippen MR) is 83.6 cm³/mol. The number of carbonyl (C=O) groups excluding carboxylic acids is 1. The summed E-state index contributed by atoms with van der Waals surface area (Å²) in [7, 11) is -0.558. The number of carbonyl (C=O) groups is 1. The fourth-order valence-corrected chi connectivity index (χ4v) is 3.28. The van der Waals surface area contributed by atoms with Crippen LogP contribution in [0.3, 0.4) is 0 Å². The van der Waals surface area contributed by atoms with Crippen molar-refractivity contribution in [2.24, 2.45) is 5.92 Å². The maximum Gasteiger partial charge on any atom is 0.278 e. The van der Waals surface area contributed by atoms with Gasteiger partial charge in [0.15, 0.2) is 11.5 Å². The highest BCUT2D eigenvalue weighted by molar-refractivity contribution is 7.87. The molecule has 0 bridgehead atoms. The molecule has 126 valence electrons. The maximum atomic E-state index is 12.2. The second-order valence-corrected chi connectivity index (χ2v) is 7.72. The molecular formula is C14H19N3O5S. The number of nitrogens with one attached hydrogen (secondary N) is 1. The Bertz CT molecular complexity index is 719. The van der Waals surface area contributed by atoms with Crippen LogP contribution >= 0.6 is 0 Å². The zero-order valence-electron chi connectivity index (χ0n) is 13.0. The highest BCUT2D eigenvalue weighted by Gasteiger charge is 2.32. The lowest BCUT2D eigenvalue weighted by molar-refractivity contribution is -0.117. The maximum absolute atomic E-state index is 12.2. The molecule has 1 unspecified atom stereocenters. The van der Waals surface area contributed by atoms with Crippen LogP contribution in [0.5, 0.6) is 11.5 Å².